The minimum atomic E-state index is 1.14. The molecule has 3 heteroatoms. The fourth-order valence-corrected chi connectivity index (χ4v) is 7.66. The maximum atomic E-state index is 2.41. The second-order valence-electron chi connectivity index (χ2n) is 11.0. The lowest BCUT2D eigenvalue weighted by Crippen LogP contribution is -2.10. The highest BCUT2D eigenvalue weighted by molar-refractivity contribution is 7.25. The van der Waals surface area contributed by atoms with Crippen LogP contribution in [0.25, 0.3) is 58.4 Å². The Morgan fingerprint density at radius 3 is 1.88 bits per heavy atom. The van der Waals surface area contributed by atoms with Crippen molar-refractivity contribution in [1.82, 2.24) is 4.57 Å². The molecule has 0 fully saturated rings. The Morgan fingerprint density at radius 2 is 1.00 bits per heavy atom. The van der Waals surface area contributed by atoms with Crippen LogP contribution in [0, 0.1) is 0 Å². The summed E-state index contributed by atoms with van der Waals surface area (Å²) in [6.45, 7) is 0. The fraction of sp³-hybridized carbons (Fsp3) is 0. The van der Waals surface area contributed by atoms with E-state index in [1.807, 2.05) is 11.3 Å². The molecule has 0 radical (unpaired) electrons. The van der Waals surface area contributed by atoms with Crippen molar-refractivity contribution in [2.24, 2.45) is 0 Å². The number of benzene rings is 7. The molecule has 0 aliphatic heterocycles. The Morgan fingerprint density at radius 1 is 0.395 bits per heavy atom. The maximum Gasteiger partial charge on any atom is 0.0542 e. The van der Waals surface area contributed by atoms with Gasteiger partial charge in [0.05, 0.1) is 11.0 Å². The Labute approximate surface area is 253 Å². The lowest BCUT2D eigenvalue weighted by Gasteiger charge is -2.26. The molecule has 0 aliphatic rings. The van der Waals surface area contributed by atoms with E-state index in [-0.39, 0.29) is 0 Å². The number of anilines is 3. The molecule has 9 aromatic rings. The summed E-state index contributed by atoms with van der Waals surface area (Å²) in [5.41, 5.74) is 7.01. The second kappa shape index (κ2) is 9.59. The molecule has 0 saturated carbocycles. The molecule has 0 aliphatic carbocycles. The molecule has 0 spiro atoms. The monoisotopic (exact) mass is 566 g/mol. The first-order valence-corrected chi connectivity index (χ1v) is 15.4. The quantitative estimate of drug-likeness (QED) is 0.206. The summed E-state index contributed by atoms with van der Waals surface area (Å²) in [5.74, 6) is 0. The molecular formula is C40H26N2S. The molecule has 2 nitrogen and oxygen atoms in total. The molecule has 0 amide bonds. The minimum Gasteiger partial charge on any atom is -0.310 e. The SMILES string of the molecule is c1ccc(-n2c3ccccc3c3cc(N(c4ccc5ccccc5c4)c4ccc5sc6ccccc6c5c4)ccc32)cc1. The highest BCUT2D eigenvalue weighted by Crippen LogP contribution is 2.43. The van der Waals surface area contributed by atoms with Crippen molar-refractivity contribution >= 4 is 81.1 Å². The third kappa shape index (κ3) is 3.86. The van der Waals surface area contributed by atoms with Gasteiger partial charge in [-0.25, -0.2) is 0 Å². The number of thiophene rings is 1. The zero-order chi connectivity index (χ0) is 28.3. The van der Waals surface area contributed by atoms with Crippen molar-refractivity contribution in [1.29, 1.82) is 0 Å². The molecule has 0 bridgehead atoms. The Bertz CT molecular complexity index is 2470. The van der Waals surface area contributed by atoms with E-state index < -0.39 is 0 Å². The van der Waals surface area contributed by atoms with Crippen molar-refractivity contribution in [2.75, 3.05) is 4.90 Å². The largest absolute Gasteiger partial charge is 0.310 e. The van der Waals surface area contributed by atoms with Crippen LogP contribution in [0.5, 0.6) is 0 Å². The molecule has 43 heavy (non-hydrogen) atoms. The number of rotatable bonds is 4. The van der Waals surface area contributed by atoms with Gasteiger partial charge in [-0.1, -0.05) is 84.9 Å². The summed E-state index contributed by atoms with van der Waals surface area (Å²) >= 11 is 1.86. The van der Waals surface area contributed by atoms with Gasteiger partial charge in [-0.15, -0.1) is 11.3 Å². The average Bonchev–Trinajstić information content (AvgIpc) is 3.60. The zero-order valence-electron chi connectivity index (χ0n) is 23.3. The Kier molecular flexibility index (Phi) is 5.40. The zero-order valence-corrected chi connectivity index (χ0v) is 24.1. The average molecular weight is 567 g/mol. The lowest BCUT2D eigenvalue weighted by molar-refractivity contribution is 1.18. The van der Waals surface area contributed by atoms with Crippen molar-refractivity contribution in [2.45, 2.75) is 0 Å². The van der Waals surface area contributed by atoms with Crippen molar-refractivity contribution in [3.63, 3.8) is 0 Å². The van der Waals surface area contributed by atoms with Gasteiger partial charge >= 0.3 is 0 Å². The van der Waals surface area contributed by atoms with Crippen LogP contribution in [0.4, 0.5) is 17.1 Å². The van der Waals surface area contributed by atoms with E-state index in [0.29, 0.717) is 0 Å². The van der Waals surface area contributed by atoms with Crippen LogP contribution in [0.2, 0.25) is 0 Å². The van der Waals surface area contributed by atoms with E-state index in [9.17, 15) is 0 Å². The fourth-order valence-electron chi connectivity index (χ4n) is 6.57. The first-order chi connectivity index (χ1) is 21.3. The number of aromatic nitrogens is 1. The topological polar surface area (TPSA) is 8.17 Å². The number of fused-ring (bicyclic) bond motifs is 7. The Balaban J connectivity index is 1.31. The van der Waals surface area contributed by atoms with E-state index in [0.717, 1.165) is 17.1 Å². The summed E-state index contributed by atoms with van der Waals surface area (Å²) in [7, 11) is 0. The third-order valence-electron chi connectivity index (χ3n) is 8.54. The van der Waals surface area contributed by atoms with E-state index >= 15 is 0 Å². The highest BCUT2D eigenvalue weighted by Gasteiger charge is 2.18. The van der Waals surface area contributed by atoms with Crippen LogP contribution in [-0.2, 0) is 0 Å². The van der Waals surface area contributed by atoms with Gasteiger partial charge in [0.15, 0.2) is 0 Å². The number of para-hydroxylation sites is 2. The van der Waals surface area contributed by atoms with Crippen LogP contribution in [0.3, 0.4) is 0 Å². The van der Waals surface area contributed by atoms with Gasteiger partial charge in [0.2, 0.25) is 0 Å². The maximum absolute atomic E-state index is 2.41. The molecule has 9 rings (SSSR count). The summed E-state index contributed by atoms with van der Waals surface area (Å²) in [6, 6.07) is 57.3. The van der Waals surface area contributed by atoms with Crippen LogP contribution in [0.1, 0.15) is 0 Å². The third-order valence-corrected chi connectivity index (χ3v) is 9.69. The molecular weight excluding hydrogens is 541 g/mol. The van der Waals surface area contributed by atoms with E-state index in [1.54, 1.807) is 0 Å². The lowest BCUT2D eigenvalue weighted by atomic mass is 10.1. The van der Waals surface area contributed by atoms with Crippen molar-refractivity contribution in [3.8, 4) is 5.69 Å². The molecule has 2 aromatic heterocycles. The molecule has 7 aromatic carbocycles. The van der Waals surface area contributed by atoms with Gasteiger partial charge in [0, 0.05) is 53.7 Å². The summed E-state index contributed by atoms with van der Waals surface area (Å²) in [4.78, 5) is 2.41. The molecule has 0 unspecified atom stereocenters. The van der Waals surface area contributed by atoms with E-state index in [4.69, 9.17) is 0 Å². The van der Waals surface area contributed by atoms with Gasteiger partial charge in [0.25, 0.3) is 0 Å². The van der Waals surface area contributed by atoms with E-state index in [1.165, 1.54) is 58.4 Å². The first kappa shape index (κ1) is 24.2. The summed E-state index contributed by atoms with van der Waals surface area (Å²) < 4.78 is 5.00. The second-order valence-corrected chi connectivity index (χ2v) is 12.1. The Hall–Kier alpha value is -5.38. The van der Waals surface area contributed by atoms with Gasteiger partial charge in [0.1, 0.15) is 0 Å². The van der Waals surface area contributed by atoms with Gasteiger partial charge in [-0.2, -0.15) is 0 Å². The smallest absolute Gasteiger partial charge is 0.0542 e. The normalized spacial score (nSPS) is 11.7. The van der Waals surface area contributed by atoms with Gasteiger partial charge < -0.3 is 9.47 Å². The van der Waals surface area contributed by atoms with Crippen molar-refractivity contribution < 1.29 is 0 Å². The van der Waals surface area contributed by atoms with Crippen LogP contribution >= 0.6 is 11.3 Å². The number of nitrogens with zero attached hydrogens (tertiary/aromatic N) is 2. The first-order valence-electron chi connectivity index (χ1n) is 14.6. The predicted octanol–water partition coefficient (Wildman–Crippen LogP) is 11.8. The molecule has 202 valence electrons. The summed E-state index contributed by atoms with van der Waals surface area (Å²) in [5, 5.41) is 7.57. The van der Waals surface area contributed by atoms with Crippen LogP contribution < -0.4 is 4.90 Å². The predicted molar refractivity (Wildman–Crippen MR) is 186 cm³/mol. The molecule has 0 atom stereocenters. The highest BCUT2D eigenvalue weighted by atomic mass is 32.1. The minimum absolute atomic E-state index is 1.14. The number of hydrogen-bond acceptors (Lipinski definition) is 2. The number of hydrogen-bond donors (Lipinski definition) is 0. The van der Waals surface area contributed by atoms with Gasteiger partial charge in [-0.05, 0) is 83.6 Å². The van der Waals surface area contributed by atoms with Crippen molar-refractivity contribution in [3.05, 3.63) is 158 Å². The standard InChI is InChI=1S/C40H26N2S/c1-2-12-29(13-3-1)42-37-16-8-6-14-33(37)35-25-31(20-22-38(35)42)41(30-19-18-27-10-4-5-11-28(27)24-30)32-21-23-40-36(26-32)34-15-7-9-17-39(34)43-40/h1-26H. The molecule has 0 N–H and O–H groups in total. The molecule has 0 saturated heterocycles. The van der Waals surface area contributed by atoms with E-state index in [2.05, 4.69) is 167 Å². The molecule has 2 heterocycles. The van der Waals surface area contributed by atoms with Crippen LogP contribution in [-0.4, -0.2) is 4.57 Å². The van der Waals surface area contributed by atoms with Gasteiger partial charge in [-0.3, -0.25) is 0 Å². The summed E-state index contributed by atoms with van der Waals surface area (Å²) in [6.07, 6.45) is 0. The van der Waals surface area contributed by atoms with Crippen LogP contribution in [0.15, 0.2) is 158 Å².